The maximum absolute atomic E-state index is 12.2. The first-order chi connectivity index (χ1) is 11.1. The molecule has 1 aromatic heterocycles. The van der Waals surface area contributed by atoms with Crippen LogP contribution in [-0.4, -0.2) is 29.8 Å². The van der Waals surface area contributed by atoms with Crippen LogP contribution in [0, 0.1) is 5.92 Å². The highest BCUT2D eigenvalue weighted by molar-refractivity contribution is 5.93. The van der Waals surface area contributed by atoms with Crippen molar-refractivity contribution >= 4 is 22.5 Å². The van der Waals surface area contributed by atoms with Gasteiger partial charge in [-0.1, -0.05) is 19.0 Å². The third kappa shape index (κ3) is 3.31. The van der Waals surface area contributed by atoms with Gasteiger partial charge in [0, 0.05) is 23.0 Å². The highest BCUT2D eigenvalue weighted by Crippen LogP contribution is 2.21. The Morgan fingerprint density at radius 2 is 2.30 bits per heavy atom. The molecule has 2 N–H and O–H groups in total. The second-order valence-electron chi connectivity index (χ2n) is 6.00. The van der Waals surface area contributed by atoms with E-state index in [4.69, 9.17) is 9.57 Å². The van der Waals surface area contributed by atoms with Crippen LogP contribution in [0.4, 0.5) is 0 Å². The minimum absolute atomic E-state index is 0.138. The summed E-state index contributed by atoms with van der Waals surface area (Å²) < 4.78 is 5.21. The number of rotatable bonds is 5. The van der Waals surface area contributed by atoms with Gasteiger partial charge in [0.2, 0.25) is 6.10 Å². The molecule has 0 aliphatic carbocycles. The lowest BCUT2D eigenvalue weighted by Crippen LogP contribution is -2.34. The van der Waals surface area contributed by atoms with E-state index in [2.05, 4.69) is 15.5 Å². The first-order valence-electron chi connectivity index (χ1n) is 7.72. The van der Waals surface area contributed by atoms with Crippen molar-refractivity contribution in [3.63, 3.8) is 0 Å². The molecule has 1 unspecified atom stereocenters. The van der Waals surface area contributed by atoms with Crippen molar-refractivity contribution in [2.24, 2.45) is 11.1 Å². The van der Waals surface area contributed by atoms with Crippen molar-refractivity contribution in [2.75, 3.05) is 7.11 Å². The minimum Gasteiger partial charge on any atom is -0.497 e. The van der Waals surface area contributed by atoms with E-state index in [1.54, 1.807) is 7.11 Å². The highest BCUT2D eigenvalue weighted by Gasteiger charge is 2.29. The van der Waals surface area contributed by atoms with Crippen molar-refractivity contribution in [3.8, 4) is 5.75 Å². The quantitative estimate of drug-likeness (QED) is 0.890. The summed E-state index contributed by atoms with van der Waals surface area (Å²) in [7, 11) is 1.64. The van der Waals surface area contributed by atoms with Crippen LogP contribution in [0.5, 0.6) is 5.75 Å². The number of fused-ring (bicyclic) bond motifs is 1. The molecule has 0 radical (unpaired) electrons. The van der Waals surface area contributed by atoms with Gasteiger partial charge in [0.1, 0.15) is 5.75 Å². The van der Waals surface area contributed by atoms with Gasteiger partial charge in [-0.05, 0) is 30.2 Å². The van der Waals surface area contributed by atoms with Crippen LogP contribution < -0.4 is 10.1 Å². The van der Waals surface area contributed by atoms with Gasteiger partial charge < -0.3 is 19.9 Å². The Balaban J connectivity index is 1.59. The number of aromatic amines is 1. The minimum atomic E-state index is -0.517. The number of H-pyrrole nitrogens is 1. The molecular weight excluding hydrogens is 294 g/mol. The van der Waals surface area contributed by atoms with E-state index in [0.717, 1.165) is 28.1 Å². The number of carbonyl (C=O) groups excluding carboxylic acids is 1. The molecule has 3 rings (SSSR count). The molecule has 1 aliphatic rings. The van der Waals surface area contributed by atoms with Crippen molar-refractivity contribution < 1.29 is 14.4 Å². The monoisotopic (exact) mass is 315 g/mol. The molecule has 122 valence electrons. The average Bonchev–Trinajstić information content (AvgIpc) is 3.18. The van der Waals surface area contributed by atoms with E-state index in [9.17, 15) is 4.79 Å². The number of amides is 1. The summed E-state index contributed by atoms with van der Waals surface area (Å²) >= 11 is 0. The van der Waals surface area contributed by atoms with Crippen LogP contribution in [0.15, 0.2) is 29.4 Å². The lowest BCUT2D eigenvalue weighted by molar-refractivity contribution is -0.131. The third-order valence-corrected chi connectivity index (χ3v) is 3.99. The van der Waals surface area contributed by atoms with Crippen LogP contribution in [0.25, 0.3) is 10.9 Å². The normalized spacial score (nSPS) is 17.2. The lowest BCUT2D eigenvalue weighted by Gasteiger charge is -2.09. The number of methoxy groups -OCH3 is 1. The van der Waals surface area contributed by atoms with Crippen molar-refractivity contribution in [1.82, 2.24) is 10.3 Å². The van der Waals surface area contributed by atoms with Gasteiger partial charge in [0.25, 0.3) is 5.91 Å². The van der Waals surface area contributed by atoms with E-state index in [1.807, 2.05) is 38.1 Å². The fourth-order valence-electron chi connectivity index (χ4n) is 2.57. The largest absolute Gasteiger partial charge is 0.497 e. The Labute approximate surface area is 134 Å². The second-order valence-corrected chi connectivity index (χ2v) is 6.00. The molecule has 0 spiro atoms. The zero-order valence-corrected chi connectivity index (χ0v) is 13.6. The summed E-state index contributed by atoms with van der Waals surface area (Å²) in [5.74, 6) is 0.974. The summed E-state index contributed by atoms with van der Waals surface area (Å²) in [5, 5.41) is 7.92. The Morgan fingerprint density at radius 3 is 3.00 bits per heavy atom. The summed E-state index contributed by atoms with van der Waals surface area (Å²) in [6.45, 7) is 4.51. The van der Waals surface area contributed by atoms with Gasteiger partial charge in [-0.25, -0.2) is 0 Å². The van der Waals surface area contributed by atoms with Gasteiger partial charge in [0.05, 0.1) is 19.4 Å². The topological polar surface area (TPSA) is 75.7 Å². The predicted octanol–water partition coefficient (Wildman–Crippen LogP) is 2.59. The number of ether oxygens (including phenoxy) is 1. The average molecular weight is 315 g/mol. The Kier molecular flexibility index (Phi) is 4.23. The SMILES string of the molecule is COc1ccc2[nH]c(CNC(=O)C3CC(C(C)C)=NO3)cc2c1. The van der Waals surface area contributed by atoms with Gasteiger partial charge in [-0.2, -0.15) is 0 Å². The predicted molar refractivity (Wildman–Crippen MR) is 88.5 cm³/mol. The smallest absolute Gasteiger partial charge is 0.264 e. The summed E-state index contributed by atoms with van der Waals surface area (Å²) in [6.07, 6.45) is 0.0461. The van der Waals surface area contributed by atoms with Crippen molar-refractivity contribution in [1.29, 1.82) is 0 Å². The maximum atomic E-state index is 12.2. The van der Waals surface area contributed by atoms with Crippen LogP contribution in [0.1, 0.15) is 26.0 Å². The van der Waals surface area contributed by atoms with Crippen LogP contribution >= 0.6 is 0 Å². The number of oxime groups is 1. The summed E-state index contributed by atoms with van der Waals surface area (Å²) in [4.78, 5) is 20.7. The molecule has 2 heterocycles. The second kappa shape index (κ2) is 6.32. The molecule has 1 amide bonds. The number of nitrogens with zero attached hydrogens (tertiary/aromatic N) is 1. The van der Waals surface area contributed by atoms with E-state index < -0.39 is 6.10 Å². The Bertz CT molecular complexity index is 749. The van der Waals surface area contributed by atoms with E-state index in [0.29, 0.717) is 18.9 Å². The zero-order chi connectivity index (χ0) is 16.4. The number of benzene rings is 1. The lowest BCUT2D eigenvalue weighted by atomic mass is 10.0. The molecule has 0 saturated heterocycles. The molecule has 0 fully saturated rings. The Hall–Kier alpha value is -2.50. The van der Waals surface area contributed by atoms with E-state index in [1.165, 1.54) is 0 Å². The van der Waals surface area contributed by atoms with Gasteiger partial charge >= 0.3 is 0 Å². The maximum Gasteiger partial charge on any atom is 0.264 e. The fraction of sp³-hybridized carbons (Fsp3) is 0.412. The summed E-state index contributed by atoms with van der Waals surface area (Å²) in [6, 6.07) is 7.82. The van der Waals surface area contributed by atoms with Gasteiger partial charge in [-0.15, -0.1) is 0 Å². The summed E-state index contributed by atoms with van der Waals surface area (Å²) in [5.41, 5.74) is 2.88. The van der Waals surface area contributed by atoms with Crippen LogP contribution in [0.2, 0.25) is 0 Å². The van der Waals surface area contributed by atoms with E-state index >= 15 is 0 Å². The molecule has 6 heteroatoms. The molecule has 1 atom stereocenters. The van der Waals surface area contributed by atoms with Crippen LogP contribution in [-0.2, 0) is 16.2 Å². The molecule has 2 aromatic rings. The number of hydrogen-bond acceptors (Lipinski definition) is 4. The number of hydrogen-bond donors (Lipinski definition) is 2. The van der Waals surface area contributed by atoms with Gasteiger partial charge in [-0.3, -0.25) is 4.79 Å². The van der Waals surface area contributed by atoms with Crippen molar-refractivity contribution in [3.05, 3.63) is 30.0 Å². The van der Waals surface area contributed by atoms with Crippen molar-refractivity contribution in [2.45, 2.75) is 32.9 Å². The standard InChI is InChI=1S/C17H21N3O3/c1-10(2)15-8-16(23-20-15)17(21)18-9-12-6-11-7-13(22-3)4-5-14(11)19-12/h4-7,10,16,19H,8-9H2,1-3H3,(H,18,21). The van der Waals surface area contributed by atoms with Crippen LogP contribution in [0.3, 0.4) is 0 Å². The highest BCUT2D eigenvalue weighted by atomic mass is 16.6. The number of aromatic nitrogens is 1. The molecule has 6 nitrogen and oxygen atoms in total. The molecular formula is C17H21N3O3. The fourth-order valence-corrected chi connectivity index (χ4v) is 2.57. The molecule has 0 bridgehead atoms. The third-order valence-electron chi connectivity index (χ3n) is 3.99. The molecule has 23 heavy (non-hydrogen) atoms. The Morgan fingerprint density at radius 1 is 1.48 bits per heavy atom. The molecule has 0 saturated carbocycles. The first kappa shape index (κ1) is 15.4. The first-order valence-corrected chi connectivity index (χ1v) is 7.72. The van der Waals surface area contributed by atoms with Gasteiger partial charge in [0.15, 0.2) is 0 Å². The zero-order valence-electron chi connectivity index (χ0n) is 13.6. The number of carbonyl (C=O) groups is 1. The molecule has 1 aromatic carbocycles. The number of nitrogens with one attached hydrogen (secondary N) is 2. The van der Waals surface area contributed by atoms with E-state index in [-0.39, 0.29) is 5.91 Å². The molecule has 1 aliphatic heterocycles.